The molecular weight excluding hydrogens is 394 g/mol. The predicted octanol–water partition coefficient (Wildman–Crippen LogP) is 4.28. The number of carboxylic acid groups (broad SMARTS) is 2. The number of aliphatic imine (C=N–C) groups is 1. The van der Waals surface area contributed by atoms with Gasteiger partial charge in [-0.1, -0.05) is 18.2 Å². The molecule has 1 aliphatic rings. The second-order valence-corrected chi connectivity index (χ2v) is 8.01. The van der Waals surface area contributed by atoms with E-state index < -0.39 is 23.8 Å². The molecule has 3 rings (SSSR count). The van der Waals surface area contributed by atoms with Crippen molar-refractivity contribution in [3.05, 3.63) is 44.9 Å². The van der Waals surface area contributed by atoms with Crippen LogP contribution >= 0.6 is 27.3 Å². The van der Waals surface area contributed by atoms with E-state index in [2.05, 4.69) is 20.9 Å². The molecule has 2 N–H and O–H groups in total. The van der Waals surface area contributed by atoms with Crippen molar-refractivity contribution >= 4 is 55.0 Å². The van der Waals surface area contributed by atoms with Gasteiger partial charge in [0.15, 0.2) is 0 Å². The van der Waals surface area contributed by atoms with Crippen LogP contribution in [-0.4, -0.2) is 27.9 Å². The molecule has 0 amide bonds. The van der Waals surface area contributed by atoms with E-state index in [9.17, 15) is 19.8 Å². The van der Waals surface area contributed by atoms with E-state index in [1.54, 1.807) is 13.8 Å². The van der Waals surface area contributed by atoms with E-state index in [4.69, 9.17) is 0 Å². The molecule has 2 heterocycles. The highest BCUT2D eigenvalue weighted by Crippen LogP contribution is 2.47. The minimum Gasteiger partial charge on any atom is -0.481 e. The first kappa shape index (κ1) is 16.9. The monoisotopic (exact) mass is 407 g/mol. The summed E-state index contributed by atoms with van der Waals surface area (Å²) in [4.78, 5) is 27.9. The zero-order chi connectivity index (χ0) is 17.6. The van der Waals surface area contributed by atoms with E-state index in [1.807, 2.05) is 24.3 Å². The predicted molar refractivity (Wildman–Crippen MR) is 96.8 cm³/mol. The Kier molecular flexibility index (Phi) is 4.31. The molecule has 0 fully saturated rings. The zero-order valence-electron chi connectivity index (χ0n) is 12.9. The largest absolute Gasteiger partial charge is 0.481 e. The van der Waals surface area contributed by atoms with Crippen LogP contribution in [0.15, 0.2) is 44.3 Å². The molecule has 7 heteroatoms. The summed E-state index contributed by atoms with van der Waals surface area (Å²) in [6.45, 7) is 3.25. The van der Waals surface area contributed by atoms with E-state index in [1.165, 1.54) is 11.3 Å². The average Bonchev–Trinajstić information content (AvgIpc) is 2.80. The maximum absolute atomic E-state index is 11.9. The van der Waals surface area contributed by atoms with Gasteiger partial charge in [0, 0.05) is 22.0 Å². The molecule has 5 nitrogen and oxygen atoms in total. The fraction of sp³-hybridized carbons (Fsp3) is 0.235. The SMILES string of the molecule is CC1=NC(C)=C(C(=O)O)C(c2c(Br)sc3ccccc23)C1C(=O)O. The lowest BCUT2D eigenvalue weighted by molar-refractivity contribution is -0.140. The molecule has 0 radical (unpaired) electrons. The first-order valence-electron chi connectivity index (χ1n) is 7.22. The summed E-state index contributed by atoms with van der Waals surface area (Å²) < 4.78 is 1.73. The highest BCUT2D eigenvalue weighted by molar-refractivity contribution is 9.11. The van der Waals surface area contributed by atoms with Crippen molar-refractivity contribution in [2.75, 3.05) is 0 Å². The molecule has 0 aliphatic carbocycles. The Morgan fingerprint density at radius 2 is 1.88 bits per heavy atom. The molecule has 1 aliphatic heterocycles. The van der Waals surface area contributed by atoms with Gasteiger partial charge in [-0.2, -0.15) is 0 Å². The molecule has 24 heavy (non-hydrogen) atoms. The summed E-state index contributed by atoms with van der Waals surface area (Å²) in [6.07, 6.45) is 0. The smallest absolute Gasteiger partial charge is 0.334 e. The van der Waals surface area contributed by atoms with Crippen LogP contribution in [0, 0.1) is 5.92 Å². The highest BCUT2D eigenvalue weighted by Gasteiger charge is 2.43. The van der Waals surface area contributed by atoms with Gasteiger partial charge >= 0.3 is 11.9 Å². The summed E-state index contributed by atoms with van der Waals surface area (Å²) in [5.41, 5.74) is 1.51. The van der Waals surface area contributed by atoms with Crippen LogP contribution in [0.4, 0.5) is 0 Å². The van der Waals surface area contributed by atoms with Crippen molar-refractivity contribution in [3.8, 4) is 0 Å². The molecule has 0 saturated carbocycles. The van der Waals surface area contributed by atoms with Crippen molar-refractivity contribution in [2.45, 2.75) is 19.8 Å². The fourth-order valence-corrected chi connectivity index (χ4v) is 5.23. The summed E-state index contributed by atoms with van der Waals surface area (Å²) in [7, 11) is 0. The lowest BCUT2D eigenvalue weighted by atomic mass is 9.75. The lowest BCUT2D eigenvalue weighted by Gasteiger charge is -2.29. The van der Waals surface area contributed by atoms with Crippen molar-refractivity contribution in [1.82, 2.24) is 0 Å². The van der Waals surface area contributed by atoms with E-state index in [0.717, 1.165) is 13.9 Å². The van der Waals surface area contributed by atoms with Gasteiger partial charge in [-0.25, -0.2) is 4.79 Å². The third-order valence-corrected chi connectivity index (χ3v) is 6.11. The van der Waals surface area contributed by atoms with Gasteiger partial charge in [-0.15, -0.1) is 11.3 Å². The Balaban J connectivity index is 2.35. The van der Waals surface area contributed by atoms with Crippen LogP contribution in [0.5, 0.6) is 0 Å². The second-order valence-electron chi connectivity index (χ2n) is 5.64. The van der Waals surface area contributed by atoms with Gasteiger partial charge in [-0.3, -0.25) is 9.79 Å². The van der Waals surface area contributed by atoms with Crippen LogP contribution < -0.4 is 0 Å². The number of halogens is 1. The number of nitrogens with zero attached hydrogens (tertiary/aromatic N) is 1. The Bertz CT molecular complexity index is 928. The molecule has 0 saturated heterocycles. The maximum Gasteiger partial charge on any atom is 0.334 e. The van der Waals surface area contributed by atoms with Crippen LogP contribution in [0.3, 0.4) is 0 Å². The molecule has 2 unspecified atom stereocenters. The normalized spacial score (nSPS) is 21.0. The fourth-order valence-electron chi connectivity index (χ4n) is 3.27. The van der Waals surface area contributed by atoms with E-state index >= 15 is 0 Å². The summed E-state index contributed by atoms with van der Waals surface area (Å²) in [5, 5.41) is 20.3. The molecule has 0 spiro atoms. The van der Waals surface area contributed by atoms with Gasteiger partial charge in [0.1, 0.15) is 5.92 Å². The molecular formula is C17H14BrNO4S. The first-order chi connectivity index (χ1) is 11.3. The maximum atomic E-state index is 11.9. The Morgan fingerprint density at radius 3 is 2.50 bits per heavy atom. The number of allylic oxidation sites excluding steroid dienone is 1. The molecule has 1 aromatic carbocycles. The highest BCUT2D eigenvalue weighted by atomic mass is 79.9. The molecule has 2 atom stereocenters. The van der Waals surface area contributed by atoms with Crippen molar-refractivity contribution in [2.24, 2.45) is 10.9 Å². The van der Waals surface area contributed by atoms with Crippen LogP contribution in [0.2, 0.25) is 0 Å². The summed E-state index contributed by atoms with van der Waals surface area (Å²) in [5.74, 6) is -4.01. The number of carbonyl (C=O) groups is 2. The number of rotatable bonds is 3. The van der Waals surface area contributed by atoms with Gasteiger partial charge < -0.3 is 10.2 Å². The summed E-state index contributed by atoms with van der Waals surface area (Å²) in [6, 6.07) is 7.59. The van der Waals surface area contributed by atoms with Gasteiger partial charge in [0.2, 0.25) is 0 Å². The Hall–Kier alpha value is -1.99. The number of fused-ring (bicyclic) bond motifs is 1. The number of thiophene rings is 1. The topological polar surface area (TPSA) is 87.0 Å². The quantitative estimate of drug-likeness (QED) is 0.794. The average molecular weight is 408 g/mol. The van der Waals surface area contributed by atoms with Gasteiger partial charge in [0.05, 0.1) is 9.36 Å². The number of carboxylic acids is 2. The Morgan fingerprint density at radius 1 is 1.21 bits per heavy atom. The van der Waals surface area contributed by atoms with Crippen molar-refractivity contribution in [3.63, 3.8) is 0 Å². The molecule has 124 valence electrons. The first-order valence-corrected chi connectivity index (χ1v) is 8.82. The van der Waals surface area contributed by atoms with Crippen LogP contribution in [-0.2, 0) is 9.59 Å². The standard InChI is InChI=1S/C17H14BrNO4S/c1-7-11(16(20)21)14(12(17(22)23)8(2)19-7)13-9-5-3-4-6-10(9)24-15(13)18/h3-6,11,14H,1-2H3,(H,20,21)(H,22,23). The lowest BCUT2D eigenvalue weighted by Crippen LogP contribution is -2.34. The number of hydrogen-bond donors (Lipinski definition) is 2. The van der Waals surface area contributed by atoms with E-state index in [-0.39, 0.29) is 5.57 Å². The summed E-state index contributed by atoms with van der Waals surface area (Å²) >= 11 is 4.98. The zero-order valence-corrected chi connectivity index (χ0v) is 15.3. The third-order valence-electron chi connectivity index (χ3n) is 4.22. The van der Waals surface area contributed by atoms with E-state index in [0.29, 0.717) is 17.0 Å². The van der Waals surface area contributed by atoms with Crippen molar-refractivity contribution < 1.29 is 19.8 Å². The van der Waals surface area contributed by atoms with Gasteiger partial charge in [-0.05, 0) is 46.8 Å². The number of benzene rings is 1. The number of hydrogen-bond acceptors (Lipinski definition) is 4. The minimum absolute atomic E-state index is 0.0391. The van der Waals surface area contributed by atoms with Gasteiger partial charge in [0.25, 0.3) is 0 Å². The molecule has 2 aromatic rings. The third kappa shape index (κ3) is 2.57. The Labute approximate surface area is 150 Å². The number of aliphatic carboxylic acids is 2. The van der Waals surface area contributed by atoms with Crippen molar-refractivity contribution in [1.29, 1.82) is 0 Å². The molecule has 1 aromatic heterocycles. The minimum atomic E-state index is -1.14. The second kappa shape index (κ2) is 6.14. The van der Waals surface area contributed by atoms with Crippen LogP contribution in [0.25, 0.3) is 10.1 Å². The van der Waals surface area contributed by atoms with Crippen LogP contribution in [0.1, 0.15) is 25.3 Å². The molecule has 0 bridgehead atoms.